The first-order valence-electron chi connectivity index (χ1n) is 9.40. The van der Waals surface area contributed by atoms with Gasteiger partial charge in [-0.15, -0.1) is 0 Å². The summed E-state index contributed by atoms with van der Waals surface area (Å²) in [6.07, 6.45) is 4.14. The lowest BCUT2D eigenvalue weighted by molar-refractivity contribution is 0.0953. The highest BCUT2D eigenvalue weighted by atomic mass is 32.2. The number of carbonyl (C=O) groups excluding carboxylic acids is 1. The number of aromatic amines is 1. The van der Waals surface area contributed by atoms with Crippen LogP contribution < -0.4 is 14.8 Å². The second kappa shape index (κ2) is 9.06. The minimum absolute atomic E-state index is 0.0333. The number of carbonyl (C=O) groups is 1. The van der Waals surface area contributed by atoms with Crippen molar-refractivity contribution >= 4 is 28.1 Å². The van der Waals surface area contributed by atoms with E-state index in [1.165, 1.54) is 19.2 Å². The van der Waals surface area contributed by atoms with Gasteiger partial charge in [-0.25, -0.2) is 13.1 Å². The average molecular weight is 440 g/mol. The molecule has 1 fully saturated rings. The molecule has 0 saturated heterocycles. The van der Waals surface area contributed by atoms with Crippen LogP contribution in [0.1, 0.15) is 41.9 Å². The van der Waals surface area contributed by atoms with Gasteiger partial charge >= 0.3 is 0 Å². The van der Waals surface area contributed by atoms with Crippen molar-refractivity contribution in [2.75, 3.05) is 13.7 Å². The van der Waals surface area contributed by atoms with Crippen LogP contribution in [0, 0.1) is 4.77 Å². The van der Waals surface area contributed by atoms with Crippen molar-refractivity contribution in [1.82, 2.24) is 24.8 Å². The Balaban J connectivity index is 1.72. The minimum Gasteiger partial charge on any atom is -0.495 e. The van der Waals surface area contributed by atoms with E-state index in [1.807, 2.05) is 0 Å². The van der Waals surface area contributed by atoms with Gasteiger partial charge in [0.05, 0.1) is 7.11 Å². The molecule has 1 aliphatic carbocycles. The normalized spacial score (nSPS) is 14.8. The van der Waals surface area contributed by atoms with Crippen molar-refractivity contribution in [1.29, 1.82) is 0 Å². The topological polar surface area (TPSA) is 118 Å². The summed E-state index contributed by atoms with van der Waals surface area (Å²) in [5.41, 5.74) is 0.243. The Bertz CT molecular complexity index is 1040. The second-order valence-corrected chi connectivity index (χ2v) is 9.05. The average Bonchev–Trinajstić information content (AvgIpc) is 3.32. The van der Waals surface area contributed by atoms with Crippen LogP contribution >= 0.6 is 12.2 Å². The lowest BCUT2D eigenvalue weighted by Gasteiger charge is -2.15. The summed E-state index contributed by atoms with van der Waals surface area (Å²) in [5.74, 6) is 0.546. The van der Waals surface area contributed by atoms with Gasteiger partial charge in [-0.2, -0.15) is 5.10 Å². The van der Waals surface area contributed by atoms with E-state index < -0.39 is 10.0 Å². The van der Waals surface area contributed by atoms with E-state index in [0.29, 0.717) is 23.6 Å². The number of ether oxygens (including phenoxy) is 1. The van der Waals surface area contributed by atoms with Crippen molar-refractivity contribution in [3.05, 3.63) is 34.4 Å². The van der Waals surface area contributed by atoms with E-state index in [-0.39, 0.29) is 28.2 Å². The first-order chi connectivity index (χ1) is 13.8. The number of sulfonamides is 1. The summed E-state index contributed by atoms with van der Waals surface area (Å²) in [6, 6.07) is 4.31. The molecule has 1 heterocycles. The van der Waals surface area contributed by atoms with Crippen molar-refractivity contribution in [2.24, 2.45) is 7.05 Å². The number of hydrogen-bond acceptors (Lipinski definition) is 6. The molecule has 1 saturated carbocycles. The van der Waals surface area contributed by atoms with Crippen molar-refractivity contribution in [3.8, 4) is 5.75 Å². The maximum atomic E-state index is 12.8. The van der Waals surface area contributed by atoms with Gasteiger partial charge in [-0.3, -0.25) is 9.89 Å². The fraction of sp³-hybridized carbons (Fsp3) is 0.500. The molecular formula is C18H25N5O4S2. The molecule has 0 radical (unpaired) electrons. The molecule has 29 heavy (non-hydrogen) atoms. The number of methoxy groups -OCH3 is 1. The van der Waals surface area contributed by atoms with Crippen LogP contribution in [-0.4, -0.2) is 48.8 Å². The van der Waals surface area contributed by atoms with Crippen LogP contribution in [0.5, 0.6) is 5.75 Å². The van der Waals surface area contributed by atoms with Gasteiger partial charge in [0.25, 0.3) is 5.91 Å². The molecule has 0 bridgehead atoms. The van der Waals surface area contributed by atoms with Gasteiger partial charge in [-0.1, -0.05) is 12.8 Å². The van der Waals surface area contributed by atoms with E-state index in [4.69, 9.17) is 17.0 Å². The van der Waals surface area contributed by atoms with Crippen LogP contribution in [-0.2, 0) is 23.5 Å². The molecule has 0 atom stereocenters. The molecule has 1 aromatic heterocycles. The van der Waals surface area contributed by atoms with Crippen molar-refractivity contribution in [3.63, 3.8) is 0 Å². The summed E-state index contributed by atoms with van der Waals surface area (Å²) in [5, 5.41) is 9.56. The van der Waals surface area contributed by atoms with E-state index in [0.717, 1.165) is 25.7 Å². The van der Waals surface area contributed by atoms with E-state index in [9.17, 15) is 13.2 Å². The van der Waals surface area contributed by atoms with E-state index in [1.54, 1.807) is 17.7 Å². The number of aromatic nitrogens is 3. The number of hydrogen-bond donors (Lipinski definition) is 3. The fourth-order valence-electron chi connectivity index (χ4n) is 3.35. The van der Waals surface area contributed by atoms with Crippen LogP contribution in [0.4, 0.5) is 0 Å². The Hall–Kier alpha value is -2.24. The van der Waals surface area contributed by atoms with Gasteiger partial charge in [-0.05, 0) is 43.3 Å². The summed E-state index contributed by atoms with van der Waals surface area (Å²) >= 11 is 5.06. The first kappa shape index (κ1) is 21.5. The molecule has 1 aromatic carbocycles. The first-order valence-corrected chi connectivity index (χ1v) is 11.3. The molecule has 0 aliphatic heterocycles. The third-order valence-electron chi connectivity index (χ3n) is 5.00. The van der Waals surface area contributed by atoms with Crippen molar-refractivity contribution in [2.45, 2.75) is 43.0 Å². The van der Waals surface area contributed by atoms with Crippen LogP contribution in [0.3, 0.4) is 0 Å². The minimum atomic E-state index is -3.79. The zero-order valence-corrected chi connectivity index (χ0v) is 18.0. The molecule has 158 valence electrons. The number of rotatable bonds is 8. The predicted octanol–water partition coefficient (Wildman–Crippen LogP) is 1.68. The molecule has 9 nitrogen and oxygen atoms in total. The van der Waals surface area contributed by atoms with Gasteiger partial charge < -0.3 is 14.6 Å². The summed E-state index contributed by atoms with van der Waals surface area (Å²) in [7, 11) is -0.597. The smallest absolute Gasteiger partial charge is 0.251 e. The summed E-state index contributed by atoms with van der Waals surface area (Å²) < 4.78 is 35.8. The van der Waals surface area contributed by atoms with Gasteiger partial charge in [0.15, 0.2) is 4.77 Å². The van der Waals surface area contributed by atoms with E-state index in [2.05, 4.69) is 20.2 Å². The van der Waals surface area contributed by atoms with Crippen LogP contribution in [0.2, 0.25) is 0 Å². The largest absolute Gasteiger partial charge is 0.495 e. The van der Waals surface area contributed by atoms with Gasteiger partial charge in [0, 0.05) is 31.6 Å². The Kier molecular flexibility index (Phi) is 6.70. The second-order valence-electron chi connectivity index (χ2n) is 6.98. The fourth-order valence-corrected chi connectivity index (χ4v) is 5.00. The van der Waals surface area contributed by atoms with Crippen molar-refractivity contribution < 1.29 is 17.9 Å². The quantitative estimate of drug-likeness (QED) is 0.539. The molecule has 1 aliphatic rings. The summed E-state index contributed by atoms with van der Waals surface area (Å²) in [6.45, 7) is 0.334. The molecular weight excluding hydrogens is 414 g/mol. The van der Waals surface area contributed by atoms with Crippen LogP contribution in [0.15, 0.2) is 23.1 Å². The number of benzene rings is 1. The Morgan fingerprint density at radius 3 is 2.72 bits per heavy atom. The highest BCUT2D eigenvalue weighted by Gasteiger charge is 2.26. The van der Waals surface area contributed by atoms with E-state index >= 15 is 0 Å². The zero-order chi connectivity index (χ0) is 21.0. The highest BCUT2D eigenvalue weighted by Crippen LogP contribution is 2.27. The molecule has 0 unspecified atom stereocenters. The maximum Gasteiger partial charge on any atom is 0.251 e. The lowest BCUT2D eigenvalue weighted by atomic mass is 10.2. The molecule has 3 rings (SSSR count). The monoisotopic (exact) mass is 439 g/mol. The summed E-state index contributed by atoms with van der Waals surface area (Å²) in [4.78, 5) is 12.5. The van der Waals surface area contributed by atoms with Gasteiger partial charge in [0.2, 0.25) is 10.0 Å². The predicted molar refractivity (Wildman–Crippen MR) is 110 cm³/mol. The molecule has 11 heteroatoms. The van der Waals surface area contributed by atoms with Gasteiger partial charge in [0.1, 0.15) is 16.5 Å². The van der Waals surface area contributed by atoms with Crippen LogP contribution in [0.25, 0.3) is 0 Å². The number of H-pyrrole nitrogens is 1. The third kappa shape index (κ3) is 5.03. The molecule has 0 spiro atoms. The SMILES string of the molecule is COc1ccc(C(=O)NCCc2n[nH]c(=S)n2C)cc1S(=O)(=O)NC1CCCC1. The molecule has 1 amide bonds. The number of amides is 1. The maximum absolute atomic E-state index is 12.8. The highest BCUT2D eigenvalue weighted by molar-refractivity contribution is 7.89. The molecule has 3 N–H and O–H groups in total. The lowest BCUT2D eigenvalue weighted by Crippen LogP contribution is -2.33. The third-order valence-corrected chi connectivity index (χ3v) is 6.91. The Morgan fingerprint density at radius 1 is 1.38 bits per heavy atom. The zero-order valence-electron chi connectivity index (χ0n) is 16.4. The number of nitrogens with one attached hydrogen (secondary N) is 3. The Labute approximate surface area is 174 Å². The Morgan fingerprint density at radius 2 is 2.10 bits per heavy atom. The standard InChI is InChI=1S/C18H25N5O4S2/c1-23-16(20-21-18(23)28)9-10-19-17(24)12-7-8-14(27-2)15(11-12)29(25,26)22-13-5-3-4-6-13/h7-8,11,13,22H,3-6,9-10H2,1-2H3,(H,19,24)(H,21,28). The number of nitrogens with zero attached hydrogens (tertiary/aromatic N) is 2. The molecule has 2 aromatic rings.